The van der Waals surface area contributed by atoms with Gasteiger partial charge in [-0.3, -0.25) is 9.88 Å². The van der Waals surface area contributed by atoms with Gasteiger partial charge < -0.3 is 4.90 Å². The van der Waals surface area contributed by atoms with Crippen molar-refractivity contribution in [1.82, 2.24) is 24.8 Å². The van der Waals surface area contributed by atoms with Gasteiger partial charge in [0.1, 0.15) is 10.8 Å². The van der Waals surface area contributed by atoms with Crippen molar-refractivity contribution in [1.29, 1.82) is 0 Å². The van der Waals surface area contributed by atoms with Crippen molar-refractivity contribution in [3.8, 4) is 22.0 Å². The third-order valence-corrected chi connectivity index (χ3v) is 7.50. The van der Waals surface area contributed by atoms with Crippen LogP contribution in [0.5, 0.6) is 0 Å². The number of anilines is 1. The number of pyridine rings is 1. The average Bonchev–Trinajstić information content (AvgIpc) is 3.57. The van der Waals surface area contributed by atoms with E-state index >= 15 is 0 Å². The summed E-state index contributed by atoms with van der Waals surface area (Å²) in [4.78, 5) is 23.8. The van der Waals surface area contributed by atoms with Crippen molar-refractivity contribution in [2.24, 2.45) is 0 Å². The van der Waals surface area contributed by atoms with Crippen LogP contribution in [0.3, 0.4) is 0 Å². The molecule has 5 aromatic rings. The first-order valence-corrected chi connectivity index (χ1v) is 12.8. The summed E-state index contributed by atoms with van der Waals surface area (Å²) in [6.45, 7) is 4.70. The van der Waals surface area contributed by atoms with Crippen LogP contribution in [0.25, 0.3) is 32.9 Å². The van der Waals surface area contributed by atoms with E-state index in [1.165, 1.54) is 5.56 Å². The largest absolute Gasteiger partial charge is 0.353 e. The van der Waals surface area contributed by atoms with E-state index in [9.17, 15) is 0 Å². The molecule has 1 aliphatic rings. The summed E-state index contributed by atoms with van der Waals surface area (Å²) in [5.74, 6) is 1.73. The number of piperazine rings is 1. The smallest absolute Gasteiger partial charge is 0.163 e. The van der Waals surface area contributed by atoms with Crippen molar-refractivity contribution in [3.05, 3.63) is 76.7 Å². The van der Waals surface area contributed by atoms with E-state index < -0.39 is 0 Å². The first-order valence-electron chi connectivity index (χ1n) is 10.9. The number of benzene rings is 1. The highest BCUT2D eigenvalue weighted by Gasteiger charge is 2.22. The zero-order valence-electron chi connectivity index (χ0n) is 18.0. The molecular formula is C25H22N6S2. The lowest BCUT2D eigenvalue weighted by molar-refractivity contribution is 0.247. The molecule has 1 saturated heterocycles. The van der Waals surface area contributed by atoms with Crippen LogP contribution in [0.1, 0.15) is 5.69 Å². The maximum Gasteiger partial charge on any atom is 0.163 e. The molecule has 1 aromatic carbocycles. The molecular weight excluding hydrogens is 448 g/mol. The molecule has 33 heavy (non-hydrogen) atoms. The molecule has 5 heterocycles. The summed E-state index contributed by atoms with van der Waals surface area (Å²) < 4.78 is 0. The van der Waals surface area contributed by atoms with Gasteiger partial charge in [0.05, 0.1) is 11.2 Å². The topological polar surface area (TPSA) is 58.0 Å². The third kappa shape index (κ3) is 4.25. The van der Waals surface area contributed by atoms with Crippen LogP contribution in [-0.4, -0.2) is 51.0 Å². The van der Waals surface area contributed by atoms with Gasteiger partial charge in [0.25, 0.3) is 0 Å². The number of hydrogen-bond acceptors (Lipinski definition) is 8. The number of thiophene rings is 1. The molecule has 1 aliphatic heterocycles. The third-order valence-electron chi connectivity index (χ3n) is 5.88. The second-order valence-electron chi connectivity index (χ2n) is 8.05. The number of aromatic nitrogens is 4. The molecule has 0 radical (unpaired) electrons. The van der Waals surface area contributed by atoms with Gasteiger partial charge in [-0.1, -0.05) is 12.1 Å². The Hall–Kier alpha value is -3.20. The molecule has 8 heteroatoms. The summed E-state index contributed by atoms with van der Waals surface area (Å²) in [7, 11) is 0. The fourth-order valence-corrected chi connectivity index (χ4v) is 5.69. The van der Waals surface area contributed by atoms with Gasteiger partial charge >= 0.3 is 0 Å². The van der Waals surface area contributed by atoms with E-state index in [2.05, 4.69) is 55.2 Å². The van der Waals surface area contributed by atoms with Gasteiger partial charge in [-0.2, -0.15) is 11.3 Å². The Bertz CT molecular complexity index is 1360. The van der Waals surface area contributed by atoms with Crippen LogP contribution in [-0.2, 0) is 6.54 Å². The molecule has 0 aliphatic carbocycles. The van der Waals surface area contributed by atoms with Crippen LogP contribution >= 0.6 is 22.7 Å². The summed E-state index contributed by atoms with van der Waals surface area (Å²) in [5.41, 5.74) is 4.28. The highest BCUT2D eigenvalue weighted by molar-refractivity contribution is 7.14. The summed E-state index contributed by atoms with van der Waals surface area (Å²) in [6, 6.07) is 14.3. The highest BCUT2D eigenvalue weighted by atomic mass is 32.1. The van der Waals surface area contributed by atoms with Gasteiger partial charge in [0.15, 0.2) is 5.82 Å². The molecule has 164 valence electrons. The molecule has 4 aromatic heterocycles. The lowest BCUT2D eigenvalue weighted by atomic mass is 10.2. The fraction of sp³-hybridized carbons (Fsp3) is 0.200. The van der Waals surface area contributed by atoms with E-state index in [4.69, 9.17) is 15.0 Å². The highest BCUT2D eigenvalue weighted by Crippen LogP contribution is 2.29. The summed E-state index contributed by atoms with van der Waals surface area (Å²) in [5, 5.41) is 8.66. The van der Waals surface area contributed by atoms with Crippen LogP contribution in [0.15, 0.2) is 71.0 Å². The van der Waals surface area contributed by atoms with Crippen molar-refractivity contribution in [3.63, 3.8) is 0 Å². The van der Waals surface area contributed by atoms with E-state index in [1.807, 2.05) is 24.4 Å². The number of rotatable bonds is 5. The molecule has 6 nitrogen and oxygen atoms in total. The number of thiazole rings is 1. The first kappa shape index (κ1) is 20.4. The molecule has 6 rings (SSSR count). The average molecular weight is 471 g/mol. The van der Waals surface area contributed by atoms with Gasteiger partial charge in [-0.15, -0.1) is 11.3 Å². The Morgan fingerprint density at radius 2 is 1.76 bits per heavy atom. The van der Waals surface area contributed by atoms with Crippen molar-refractivity contribution in [2.45, 2.75) is 6.54 Å². The SMILES string of the molecule is c1cncc(-c2nc(N3CCN(Cc4csc(-c5ccsc5)n4)CC3)c3ccccc3n2)c1. The fourth-order valence-electron chi connectivity index (χ4n) is 4.17. The Kier molecular flexibility index (Phi) is 5.55. The first-order chi connectivity index (χ1) is 16.3. The molecule has 0 N–H and O–H groups in total. The summed E-state index contributed by atoms with van der Waals surface area (Å²) >= 11 is 3.45. The molecule has 0 spiro atoms. The lowest BCUT2D eigenvalue weighted by Gasteiger charge is -2.35. The second-order valence-corrected chi connectivity index (χ2v) is 9.69. The van der Waals surface area contributed by atoms with E-state index in [0.29, 0.717) is 0 Å². The van der Waals surface area contributed by atoms with E-state index in [-0.39, 0.29) is 0 Å². The maximum atomic E-state index is 4.98. The van der Waals surface area contributed by atoms with E-state index in [0.717, 1.165) is 71.5 Å². The Labute approximate surface area is 200 Å². The minimum atomic E-state index is 0.725. The minimum Gasteiger partial charge on any atom is -0.353 e. The molecule has 0 bridgehead atoms. The van der Waals surface area contributed by atoms with Crippen LogP contribution in [0, 0.1) is 0 Å². The molecule has 0 saturated carbocycles. The van der Waals surface area contributed by atoms with Crippen LogP contribution < -0.4 is 4.90 Å². The number of hydrogen-bond donors (Lipinski definition) is 0. The molecule has 0 unspecified atom stereocenters. The standard InChI is InChI=1S/C25H22N6S2/c1-2-6-22-21(5-1)24(29-23(28-22)18-4-3-8-26-14-18)31-11-9-30(10-12-31)15-20-17-33-25(27-20)19-7-13-32-16-19/h1-8,13-14,16-17H,9-12,15H2. The maximum absolute atomic E-state index is 4.98. The Morgan fingerprint density at radius 1 is 0.848 bits per heavy atom. The van der Waals surface area contributed by atoms with Crippen molar-refractivity contribution < 1.29 is 0 Å². The summed E-state index contributed by atoms with van der Waals surface area (Å²) in [6.07, 6.45) is 3.60. The molecule has 1 fully saturated rings. The van der Waals surface area contributed by atoms with Gasteiger partial charge in [-0.25, -0.2) is 15.0 Å². The van der Waals surface area contributed by atoms with Crippen LogP contribution in [0.4, 0.5) is 5.82 Å². The normalized spacial score (nSPS) is 14.7. The lowest BCUT2D eigenvalue weighted by Crippen LogP contribution is -2.46. The molecule has 0 atom stereocenters. The predicted molar refractivity (Wildman–Crippen MR) is 136 cm³/mol. The Morgan fingerprint density at radius 3 is 2.58 bits per heavy atom. The Balaban J connectivity index is 1.20. The van der Waals surface area contributed by atoms with Crippen LogP contribution in [0.2, 0.25) is 0 Å². The number of nitrogens with zero attached hydrogens (tertiary/aromatic N) is 6. The zero-order valence-corrected chi connectivity index (χ0v) is 19.6. The quantitative estimate of drug-likeness (QED) is 0.352. The second kappa shape index (κ2) is 8.97. The van der Waals surface area contributed by atoms with Gasteiger partial charge in [0, 0.05) is 72.4 Å². The zero-order chi connectivity index (χ0) is 22.0. The number of para-hydroxylation sites is 1. The molecule has 0 amide bonds. The van der Waals surface area contributed by atoms with E-state index in [1.54, 1.807) is 28.9 Å². The monoisotopic (exact) mass is 470 g/mol. The van der Waals surface area contributed by atoms with Gasteiger partial charge in [0.2, 0.25) is 0 Å². The minimum absolute atomic E-state index is 0.725. The van der Waals surface area contributed by atoms with Crippen molar-refractivity contribution in [2.75, 3.05) is 31.1 Å². The predicted octanol–water partition coefficient (Wildman–Crippen LogP) is 5.20. The number of fused-ring (bicyclic) bond motifs is 1. The van der Waals surface area contributed by atoms with Gasteiger partial charge in [-0.05, 0) is 35.7 Å². The van der Waals surface area contributed by atoms with Crippen molar-refractivity contribution >= 4 is 39.4 Å².